The van der Waals surface area contributed by atoms with Crippen molar-refractivity contribution in [3.05, 3.63) is 51.4 Å². The van der Waals surface area contributed by atoms with E-state index in [0.29, 0.717) is 16.1 Å². The van der Waals surface area contributed by atoms with Crippen LogP contribution in [0.3, 0.4) is 0 Å². The maximum absolute atomic E-state index is 11.9. The van der Waals surface area contributed by atoms with Crippen LogP contribution in [0.15, 0.2) is 24.3 Å². The van der Waals surface area contributed by atoms with Crippen LogP contribution in [-0.2, 0) is 17.6 Å². The van der Waals surface area contributed by atoms with Crippen LogP contribution in [0.4, 0.5) is 5.00 Å². The molecule has 2 aromatic rings. The molecule has 2 aliphatic rings. The summed E-state index contributed by atoms with van der Waals surface area (Å²) in [6, 6.07) is 7.27. The van der Waals surface area contributed by atoms with Crippen molar-refractivity contribution in [2.45, 2.75) is 31.9 Å². The summed E-state index contributed by atoms with van der Waals surface area (Å²) < 4.78 is 5.41. The van der Waals surface area contributed by atoms with Crippen LogP contribution in [0.1, 0.15) is 55.8 Å². The Morgan fingerprint density at radius 2 is 2.04 bits per heavy atom. The minimum Gasteiger partial charge on any atom is -0.434 e. The minimum absolute atomic E-state index is 0.347. The number of fused-ring (bicyclic) bond motifs is 2. The molecule has 1 unspecified atom stereocenters. The molecule has 1 aliphatic carbocycles. The van der Waals surface area contributed by atoms with Gasteiger partial charge in [-0.2, -0.15) is 0 Å². The van der Waals surface area contributed by atoms with Gasteiger partial charge in [-0.15, -0.1) is 11.3 Å². The number of amides is 1. The molecule has 0 radical (unpaired) electrons. The van der Waals surface area contributed by atoms with Gasteiger partial charge in [0.25, 0.3) is 5.91 Å². The summed E-state index contributed by atoms with van der Waals surface area (Å²) in [5, 5.41) is 3.92. The van der Waals surface area contributed by atoms with Gasteiger partial charge in [0.2, 0.25) is 6.23 Å². The highest BCUT2D eigenvalue weighted by Gasteiger charge is 2.33. The lowest BCUT2D eigenvalue weighted by Crippen LogP contribution is -2.17. The average Bonchev–Trinajstić information content (AvgIpc) is 3.06. The topological polar surface area (TPSA) is 81.4 Å². The fraction of sp³-hybridized carbons (Fsp3) is 0.294. The maximum Gasteiger partial charge on any atom is 0.340 e. The molecule has 0 saturated carbocycles. The van der Waals surface area contributed by atoms with E-state index < -0.39 is 12.1 Å². The molecule has 2 heterocycles. The van der Waals surface area contributed by atoms with E-state index in [2.05, 4.69) is 5.32 Å². The number of rotatable bonds is 3. The SMILES string of the molecule is NC(=O)c1c(NC2OC(=O)c3ccccc32)sc2c1CCCC2. The zero-order chi connectivity index (χ0) is 16.0. The summed E-state index contributed by atoms with van der Waals surface area (Å²) in [5.41, 5.74) is 8.58. The summed E-state index contributed by atoms with van der Waals surface area (Å²) in [6.45, 7) is 0. The number of hydrogen-bond acceptors (Lipinski definition) is 5. The van der Waals surface area contributed by atoms with E-state index in [-0.39, 0.29) is 5.97 Å². The molecule has 23 heavy (non-hydrogen) atoms. The molecule has 1 amide bonds. The largest absolute Gasteiger partial charge is 0.434 e. The summed E-state index contributed by atoms with van der Waals surface area (Å²) in [5.74, 6) is -0.774. The first kappa shape index (κ1) is 14.3. The minimum atomic E-state index is -0.572. The van der Waals surface area contributed by atoms with E-state index in [1.54, 1.807) is 23.5 Å². The molecule has 6 heteroatoms. The molecular weight excluding hydrogens is 312 g/mol. The summed E-state index contributed by atoms with van der Waals surface area (Å²) in [6.07, 6.45) is 3.49. The second-order valence-electron chi connectivity index (χ2n) is 5.80. The zero-order valence-corrected chi connectivity index (χ0v) is 13.2. The third-order valence-electron chi connectivity index (χ3n) is 4.37. The van der Waals surface area contributed by atoms with Crippen LogP contribution >= 0.6 is 11.3 Å². The second kappa shape index (κ2) is 5.38. The smallest absolute Gasteiger partial charge is 0.340 e. The van der Waals surface area contributed by atoms with Crippen molar-refractivity contribution in [1.29, 1.82) is 0 Å². The number of primary amides is 1. The van der Waals surface area contributed by atoms with E-state index in [1.165, 1.54) is 4.88 Å². The van der Waals surface area contributed by atoms with Crippen LogP contribution in [0.2, 0.25) is 0 Å². The predicted molar refractivity (Wildman–Crippen MR) is 87.7 cm³/mol. The van der Waals surface area contributed by atoms with Gasteiger partial charge in [-0.1, -0.05) is 18.2 Å². The number of benzene rings is 1. The average molecular weight is 328 g/mol. The molecule has 1 aliphatic heterocycles. The molecule has 3 N–H and O–H groups in total. The number of carbonyl (C=O) groups excluding carboxylic acids is 2. The number of thiophene rings is 1. The van der Waals surface area contributed by atoms with E-state index in [9.17, 15) is 9.59 Å². The van der Waals surface area contributed by atoms with Crippen molar-refractivity contribution >= 4 is 28.2 Å². The molecule has 0 saturated heterocycles. The lowest BCUT2D eigenvalue weighted by atomic mass is 9.95. The van der Waals surface area contributed by atoms with Gasteiger partial charge in [0.1, 0.15) is 5.00 Å². The first-order valence-electron chi connectivity index (χ1n) is 7.66. The van der Waals surface area contributed by atoms with Gasteiger partial charge in [-0.05, 0) is 37.3 Å². The Bertz CT molecular complexity index is 812. The van der Waals surface area contributed by atoms with Gasteiger partial charge in [0.05, 0.1) is 11.1 Å². The molecule has 4 rings (SSSR count). The Morgan fingerprint density at radius 1 is 1.26 bits per heavy atom. The third-order valence-corrected chi connectivity index (χ3v) is 5.59. The molecule has 0 fully saturated rings. The quantitative estimate of drug-likeness (QED) is 0.849. The standard InChI is InChI=1S/C17H16N2O3S/c18-14(20)13-11-7-3-4-8-12(11)23-16(13)19-15-9-5-1-2-6-10(9)17(21)22-15/h1-2,5-6,15,19H,3-4,7-8H2,(H2,18,20). The van der Waals surface area contributed by atoms with E-state index >= 15 is 0 Å². The first-order valence-corrected chi connectivity index (χ1v) is 8.47. The number of ether oxygens (including phenoxy) is 1. The lowest BCUT2D eigenvalue weighted by Gasteiger charge is -2.14. The van der Waals surface area contributed by atoms with E-state index in [4.69, 9.17) is 10.5 Å². The van der Waals surface area contributed by atoms with Crippen molar-refractivity contribution in [3.63, 3.8) is 0 Å². The second-order valence-corrected chi connectivity index (χ2v) is 6.90. The lowest BCUT2D eigenvalue weighted by molar-refractivity contribution is 0.0437. The molecule has 0 bridgehead atoms. The van der Waals surface area contributed by atoms with Crippen molar-refractivity contribution in [1.82, 2.24) is 0 Å². The van der Waals surface area contributed by atoms with Gasteiger partial charge >= 0.3 is 5.97 Å². The Balaban J connectivity index is 1.72. The summed E-state index contributed by atoms with van der Waals surface area (Å²) >= 11 is 1.55. The van der Waals surface area contributed by atoms with Crippen molar-refractivity contribution < 1.29 is 14.3 Å². The highest BCUT2D eigenvalue weighted by molar-refractivity contribution is 7.16. The first-order chi connectivity index (χ1) is 11.1. The summed E-state index contributed by atoms with van der Waals surface area (Å²) in [7, 11) is 0. The normalized spacial score (nSPS) is 19.0. The summed E-state index contributed by atoms with van der Waals surface area (Å²) in [4.78, 5) is 25.1. The fourth-order valence-corrected chi connectivity index (χ4v) is 4.61. The van der Waals surface area contributed by atoms with Gasteiger partial charge < -0.3 is 15.8 Å². The number of carbonyl (C=O) groups is 2. The van der Waals surface area contributed by atoms with Crippen LogP contribution < -0.4 is 11.1 Å². The zero-order valence-electron chi connectivity index (χ0n) is 12.4. The molecule has 118 valence electrons. The van der Waals surface area contributed by atoms with Crippen molar-refractivity contribution in [3.8, 4) is 0 Å². The number of hydrogen-bond donors (Lipinski definition) is 2. The van der Waals surface area contributed by atoms with Crippen molar-refractivity contribution in [2.75, 3.05) is 5.32 Å². The fourth-order valence-electron chi connectivity index (χ4n) is 3.30. The molecule has 1 atom stereocenters. The number of esters is 1. The molecule has 0 spiro atoms. The number of aryl methyl sites for hydroxylation is 1. The van der Waals surface area contributed by atoms with Gasteiger partial charge in [0, 0.05) is 10.4 Å². The molecule has 5 nitrogen and oxygen atoms in total. The number of nitrogens with one attached hydrogen (secondary N) is 1. The number of nitrogens with two attached hydrogens (primary N) is 1. The van der Waals surface area contributed by atoms with E-state index in [1.807, 2.05) is 12.1 Å². The highest BCUT2D eigenvalue weighted by Crippen LogP contribution is 2.41. The molecule has 1 aromatic carbocycles. The Labute approximate surface area is 137 Å². The highest BCUT2D eigenvalue weighted by atomic mass is 32.1. The van der Waals surface area contributed by atoms with Crippen LogP contribution in [0, 0.1) is 0 Å². The number of cyclic esters (lactones) is 1. The maximum atomic E-state index is 11.9. The van der Waals surface area contributed by atoms with Crippen LogP contribution in [-0.4, -0.2) is 11.9 Å². The Morgan fingerprint density at radius 3 is 2.87 bits per heavy atom. The van der Waals surface area contributed by atoms with Crippen LogP contribution in [0.5, 0.6) is 0 Å². The Hall–Kier alpha value is -2.34. The Kier molecular flexibility index (Phi) is 3.34. The molecular formula is C17H16N2O3S. The number of anilines is 1. The van der Waals surface area contributed by atoms with E-state index in [0.717, 1.165) is 36.8 Å². The van der Waals surface area contributed by atoms with Gasteiger partial charge in [0.15, 0.2) is 0 Å². The van der Waals surface area contributed by atoms with Crippen LogP contribution in [0.25, 0.3) is 0 Å². The predicted octanol–water partition coefficient (Wildman–Crippen LogP) is 3.01. The monoisotopic (exact) mass is 328 g/mol. The van der Waals surface area contributed by atoms with Gasteiger partial charge in [-0.25, -0.2) is 4.79 Å². The third kappa shape index (κ3) is 2.30. The van der Waals surface area contributed by atoms with Gasteiger partial charge in [-0.3, -0.25) is 4.79 Å². The van der Waals surface area contributed by atoms with Crippen molar-refractivity contribution in [2.24, 2.45) is 5.73 Å². The molecule has 1 aromatic heterocycles.